The Morgan fingerprint density at radius 1 is 0.387 bits per heavy atom. The van der Waals surface area contributed by atoms with E-state index in [9.17, 15) is 0 Å². The molecule has 0 N–H and O–H groups in total. The van der Waals surface area contributed by atoms with Crippen LogP contribution in [0.2, 0.25) is 5.02 Å². The maximum Gasteiger partial charge on any atom is 0.127 e. The second-order valence-corrected chi connectivity index (χ2v) is 7.50. The van der Waals surface area contributed by atoms with Crippen molar-refractivity contribution in [2.45, 2.75) is 0 Å². The van der Waals surface area contributed by atoms with Gasteiger partial charge in [0.2, 0.25) is 0 Å². The molecule has 0 aliphatic heterocycles. The average Bonchev–Trinajstić information content (AvgIpc) is 3.15. The van der Waals surface area contributed by atoms with Crippen molar-refractivity contribution >= 4 is 180 Å². The van der Waals surface area contributed by atoms with E-state index in [1.54, 1.807) is 0 Å². The van der Waals surface area contributed by atoms with Crippen LogP contribution < -0.4 is 60.1 Å². The summed E-state index contributed by atoms with van der Waals surface area (Å²) in [4.78, 5) is 0. The second kappa shape index (κ2) is 7.51. The monoisotopic (exact) mass is 388 g/mol. The Bertz CT molecular complexity index is 1430. The Balaban J connectivity index is 2.30. The van der Waals surface area contributed by atoms with Gasteiger partial charge in [0.15, 0.2) is 0 Å². The molecule has 1 nitrogen and oxygen atoms in total. The first-order chi connectivity index (χ1) is 14.4. The van der Waals surface area contributed by atoms with Gasteiger partial charge in [-0.3, -0.25) is 0 Å². The molecule has 3 aromatic carbocycles. The SMILES string of the molecule is [B]c1c([B])c(-c2c([B])c([B])c3oc4c([B])c([B])c([B])c([B])c4c3c2[B])c([B])c([B])c1Cl. The van der Waals surface area contributed by atoms with Gasteiger partial charge in [-0.15, -0.1) is 10.9 Å². The van der Waals surface area contributed by atoms with Crippen LogP contribution >= 0.6 is 11.6 Å². The van der Waals surface area contributed by atoms with E-state index in [4.69, 9.17) is 102 Å². The van der Waals surface area contributed by atoms with Gasteiger partial charge in [0.1, 0.15) is 97.5 Å². The van der Waals surface area contributed by atoms with E-state index < -0.39 is 0 Å². The zero-order valence-electron chi connectivity index (χ0n) is 16.1. The van der Waals surface area contributed by atoms with Crippen LogP contribution in [0.3, 0.4) is 0 Å². The Labute approximate surface area is 200 Å². The molecule has 0 saturated heterocycles. The largest absolute Gasteiger partial charge is 0.457 e. The first kappa shape index (κ1) is 22.7. The molecule has 1 heterocycles. The summed E-state index contributed by atoms with van der Waals surface area (Å²) in [5, 5.41) is 0.633. The fourth-order valence-corrected chi connectivity index (χ4v) is 3.94. The van der Waals surface area contributed by atoms with Crippen molar-refractivity contribution in [1.29, 1.82) is 0 Å². The van der Waals surface area contributed by atoms with Crippen molar-refractivity contribution in [2.24, 2.45) is 0 Å². The topological polar surface area (TPSA) is 13.1 Å². The molecule has 0 fully saturated rings. The lowest BCUT2D eigenvalue weighted by atomic mass is 9.61. The van der Waals surface area contributed by atoms with E-state index in [2.05, 4.69) is 0 Å². The van der Waals surface area contributed by atoms with Crippen LogP contribution in [0.25, 0.3) is 33.1 Å². The van der Waals surface area contributed by atoms with Crippen molar-refractivity contribution in [1.82, 2.24) is 0 Å². The van der Waals surface area contributed by atoms with Crippen LogP contribution in [0.15, 0.2) is 4.42 Å². The summed E-state index contributed by atoms with van der Waals surface area (Å²) in [6.07, 6.45) is 0. The minimum absolute atomic E-state index is 0.0127. The Morgan fingerprint density at radius 3 is 1.26 bits per heavy atom. The molecule has 22 radical (unpaired) electrons. The molecule has 118 valence electrons. The summed E-state index contributed by atoms with van der Waals surface area (Å²) < 4.78 is 5.85. The van der Waals surface area contributed by atoms with Crippen LogP contribution in [0.5, 0.6) is 0 Å². The molecule has 0 spiro atoms. The number of benzene rings is 3. The van der Waals surface area contributed by atoms with E-state index in [0.29, 0.717) is 10.8 Å². The van der Waals surface area contributed by atoms with E-state index >= 15 is 0 Å². The molecule has 0 bridgehead atoms. The molecule has 0 aliphatic rings. The average molecular weight is 387 g/mol. The maximum absolute atomic E-state index is 6.52. The molecule has 4 rings (SSSR count). The Kier molecular flexibility index (Phi) is 5.49. The minimum atomic E-state index is 0.0127. The van der Waals surface area contributed by atoms with Gasteiger partial charge in [0.05, 0.1) is 0 Å². The van der Waals surface area contributed by atoms with Gasteiger partial charge in [-0.1, -0.05) is 60.8 Å². The van der Waals surface area contributed by atoms with Gasteiger partial charge in [-0.05, 0) is 11.1 Å². The molecule has 1 aromatic heterocycles. The molecular weight excluding hydrogens is 387 g/mol. The van der Waals surface area contributed by atoms with Crippen LogP contribution in [0.4, 0.5) is 0 Å². The standard InChI is InChI=1S/C18B11ClO/c19-5-1(2-6(20)12(26)16(30)13(27)7(2)21)8(22)14(28)17-3(5)4-9(23)10(24)11(25)15(29)18(4)31-17. The number of fused-ring (bicyclic) bond motifs is 3. The molecule has 31 heavy (non-hydrogen) atoms. The van der Waals surface area contributed by atoms with Gasteiger partial charge in [-0.25, -0.2) is 0 Å². The molecule has 0 amide bonds. The van der Waals surface area contributed by atoms with Crippen LogP contribution in [-0.2, 0) is 0 Å². The summed E-state index contributed by atoms with van der Waals surface area (Å²) in [5.74, 6) is 0. The molecule has 0 saturated carbocycles. The third-order valence-electron chi connectivity index (χ3n) is 5.48. The highest BCUT2D eigenvalue weighted by molar-refractivity contribution is 6.70. The van der Waals surface area contributed by atoms with Crippen LogP contribution in [-0.4, -0.2) is 86.3 Å². The van der Waals surface area contributed by atoms with E-state index in [0.717, 1.165) is 0 Å². The van der Waals surface area contributed by atoms with Crippen molar-refractivity contribution in [3.8, 4) is 11.1 Å². The molecule has 0 aliphatic carbocycles. The van der Waals surface area contributed by atoms with Crippen molar-refractivity contribution in [3.63, 3.8) is 0 Å². The Hall–Kier alpha value is -1.54. The minimum Gasteiger partial charge on any atom is -0.457 e. The summed E-state index contributed by atoms with van der Waals surface area (Å²) in [7, 11) is 67.8. The molecule has 0 unspecified atom stereocenters. The van der Waals surface area contributed by atoms with Gasteiger partial charge in [-0.2, -0.15) is 0 Å². The summed E-state index contributed by atoms with van der Waals surface area (Å²) >= 11 is 6.12. The highest BCUT2D eigenvalue weighted by Gasteiger charge is 2.23. The fraction of sp³-hybridized carbons (Fsp3) is 0. The zero-order chi connectivity index (χ0) is 23.1. The predicted molar refractivity (Wildman–Crippen MR) is 143 cm³/mol. The number of furan rings is 1. The zero-order valence-corrected chi connectivity index (χ0v) is 16.9. The number of hydrogen-bond donors (Lipinski definition) is 0. The summed E-state index contributed by atoms with van der Waals surface area (Å²) in [6, 6.07) is 0. The van der Waals surface area contributed by atoms with Gasteiger partial charge < -0.3 is 4.42 Å². The smallest absolute Gasteiger partial charge is 0.127 e. The van der Waals surface area contributed by atoms with Crippen molar-refractivity contribution < 1.29 is 4.42 Å². The highest BCUT2D eigenvalue weighted by atomic mass is 35.5. The first-order valence-electron chi connectivity index (χ1n) is 8.77. The lowest BCUT2D eigenvalue weighted by Crippen LogP contribution is -2.48. The number of halogens is 1. The van der Waals surface area contributed by atoms with E-state index in [1.165, 1.54) is 0 Å². The fourth-order valence-electron chi connectivity index (χ4n) is 3.73. The lowest BCUT2D eigenvalue weighted by molar-refractivity contribution is 0.675. The third-order valence-corrected chi connectivity index (χ3v) is 5.88. The first-order valence-corrected chi connectivity index (χ1v) is 9.15. The van der Waals surface area contributed by atoms with Crippen LogP contribution in [0, 0.1) is 0 Å². The van der Waals surface area contributed by atoms with Crippen molar-refractivity contribution in [3.05, 3.63) is 5.02 Å². The molecule has 4 aromatic rings. The quantitative estimate of drug-likeness (QED) is 0.296. The Morgan fingerprint density at radius 2 is 0.742 bits per heavy atom. The summed E-state index contributed by atoms with van der Waals surface area (Å²) in [6.45, 7) is 0. The second-order valence-electron chi connectivity index (χ2n) is 7.12. The number of hydrogen-bond acceptors (Lipinski definition) is 1. The maximum atomic E-state index is 6.52. The third kappa shape index (κ3) is 2.93. The number of rotatable bonds is 1. The summed E-state index contributed by atoms with van der Waals surface area (Å²) in [5.41, 5.74) is 1.23. The molecule has 0 atom stereocenters. The highest BCUT2D eigenvalue weighted by Crippen LogP contribution is 2.25. The van der Waals surface area contributed by atoms with Crippen molar-refractivity contribution in [2.75, 3.05) is 0 Å². The van der Waals surface area contributed by atoms with E-state index in [1.807, 2.05) is 0 Å². The van der Waals surface area contributed by atoms with Crippen LogP contribution in [0.1, 0.15) is 0 Å². The van der Waals surface area contributed by atoms with Gasteiger partial charge >= 0.3 is 0 Å². The van der Waals surface area contributed by atoms with E-state index in [-0.39, 0.29) is 87.4 Å². The molecular formula is C18B11ClO. The van der Waals surface area contributed by atoms with Gasteiger partial charge in [0, 0.05) is 15.8 Å². The normalized spacial score (nSPS) is 11.5. The molecule has 13 heteroatoms. The predicted octanol–water partition coefficient (Wildman–Crippen LogP) is -7.36. The lowest BCUT2D eigenvalue weighted by Gasteiger charge is -2.24. The van der Waals surface area contributed by atoms with Gasteiger partial charge in [0.25, 0.3) is 0 Å².